The highest BCUT2D eigenvalue weighted by molar-refractivity contribution is 7.49. The standard InChI is InChI=1S/2C21H25O9P.C20H22ClO8P.C11H17O4P.C3H8O.C2H6.CH2O/c1-5-26-31(24,27-6-2)28-14-16-13-17(11-12-19(16)25-4)30-21(23)18-9-7-8-10-20(18)29-15(3)22;1-5-26-31(24,27-6-2)28-14-16-11-12-19(25-4)20(13-16)30-21(23)17-9-7-8-10-18(17)29-15(3)22;1-4-25-30(24,26-5-2)27-13-15-10-11-16(12-18(15)21)29-20(23)17-8-6-7-9-19(17)28-14(3)22;1-3-13-16(12,14-4-2)15-10-11-8-6-5-7-9-11;1-3-4-2;2*1-2/h2*7-13H,5-6,14H2,1-4H3;6-12H,4-5,13H2,1-3H3;5-9H,3-4,10H2,1-2H3;3H2,1-2H3;1-2H3;1H2. The normalized spacial score (nSPS) is 10.8. The summed E-state index contributed by atoms with van der Waals surface area (Å²) in [7, 11) is -9.94. The van der Waals surface area contributed by atoms with Gasteiger partial charge in [0.15, 0.2) is 11.5 Å². The smallest absolute Gasteiger partial charge is 0.475 e. The fourth-order valence-corrected chi connectivity index (χ4v) is 13.4. The lowest BCUT2D eigenvalue weighted by Crippen LogP contribution is -2.13. The quantitative estimate of drug-likeness (QED) is 0.0195. The van der Waals surface area contributed by atoms with Crippen molar-refractivity contribution in [2.45, 2.75) is 123 Å². The Bertz CT molecular complexity index is 4260. The van der Waals surface area contributed by atoms with Gasteiger partial charge in [-0.05, 0) is 158 Å². The van der Waals surface area contributed by atoms with Gasteiger partial charge in [0.25, 0.3) is 0 Å². The zero-order chi connectivity index (χ0) is 87.1. The molecule has 7 rings (SSSR count). The molecule has 116 heavy (non-hydrogen) atoms. The van der Waals surface area contributed by atoms with Crippen molar-refractivity contribution in [1.29, 1.82) is 0 Å². The minimum absolute atomic E-state index is 0.0681. The monoisotopic (exact) mass is 1720 g/mol. The van der Waals surface area contributed by atoms with E-state index in [1.54, 1.807) is 123 Å². The molecule has 0 aliphatic carbocycles. The molecule has 7 aromatic carbocycles. The van der Waals surface area contributed by atoms with E-state index in [-0.39, 0.29) is 122 Å². The van der Waals surface area contributed by atoms with E-state index in [0.717, 1.165) is 12.2 Å². The van der Waals surface area contributed by atoms with E-state index in [0.29, 0.717) is 41.4 Å². The van der Waals surface area contributed by atoms with Crippen LogP contribution in [0.3, 0.4) is 0 Å². The van der Waals surface area contributed by atoms with Crippen LogP contribution in [0.2, 0.25) is 5.02 Å². The summed E-state index contributed by atoms with van der Waals surface area (Å²) in [5, 5.41) is 0.230. The van der Waals surface area contributed by atoms with Crippen LogP contribution in [0, 0.1) is 0 Å². The topological polar surface area (TPSA) is 382 Å². The summed E-state index contributed by atoms with van der Waals surface area (Å²) in [6, 6.07) is 41.9. The maximum atomic E-state index is 12.7. The van der Waals surface area contributed by atoms with E-state index in [9.17, 15) is 47.0 Å². The first-order valence-electron chi connectivity index (χ1n) is 36.1. The Hall–Kier alpha value is -8.68. The summed E-state index contributed by atoms with van der Waals surface area (Å²) in [5.41, 5.74) is 2.67. The molecular weight excluding hydrogens is 1620 g/mol. The number of phosphoric acid groups is 4. The largest absolute Gasteiger partial charge is 0.496 e. The maximum Gasteiger partial charge on any atom is 0.475 e. The first-order valence-corrected chi connectivity index (χ1v) is 42.3. The summed E-state index contributed by atoms with van der Waals surface area (Å²) < 4.78 is 157. The molecule has 0 amide bonds. The third kappa shape index (κ3) is 40.5. The third-order valence-electron chi connectivity index (χ3n) is 13.2. The Balaban J connectivity index is 0.000000764. The van der Waals surface area contributed by atoms with Gasteiger partial charge in [-0.25, -0.2) is 32.6 Å². The van der Waals surface area contributed by atoms with Crippen molar-refractivity contribution < 1.29 is 149 Å². The second kappa shape index (κ2) is 59.1. The van der Waals surface area contributed by atoms with E-state index in [1.807, 2.05) is 57.9 Å². The number of rotatable bonds is 40. The van der Waals surface area contributed by atoms with Gasteiger partial charge in [0.2, 0.25) is 0 Å². The van der Waals surface area contributed by atoms with Crippen molar-refractivity contribution in [3.63, 3.8) is 0 Å². The summed E-state index contributed by atoms with van der Waals surface area (Å²) >= 11 is 6.23. The number of hydrogen-bond donors (Lipinski definition) is 0. The summed E-state index contributed by atoms with van der Waals surface area (Å²) in [4.78, 5) is 79.5. The first kappa shape index (κ1) is 105. The Morgan fingerprint density at radius 1 is 0.310 bits per heavy atom. The predicted octanol–water partition coefficient (Wildman–Crippen LogP) is 19.1. The van der Waals surface area contributed by atoms with E-state index in [1.165, 1.54) is 102 Å². The second-order valence-electron chi connectivity index (χ2n) is 21.4. The zero-order valence-corrected chi connectivity index (χ0v) is 72.5. The Labute approximate surface area is 682 Å². The molecule has 0 aliphatic heterocycles. The van der Waals surface area contributed by atoms with Gasteiger partial charge in [-0.15, -0.1) is 0 Å². The molecule has 0 aromatic heterocycles. The lowest BCUT2D eigenvalue weighted by Gasteiger charge is -2.17. The average Bonchev–Trinajstić information content (AvgIpc) is 0.832. The van der Waals surface area contributed by atoms with Gasteiger partial charge in [-0.1, -0.05) is 104 Å². The fourth-order valence-electron chi connectivity index (χ4n) is 8.54. The number of phosphoric ester groups is 4. The summed E-state index contributed by atoms with van der Waals surface area (Å²) in [6.07, 6.45) is 0. The molecule has 0 N–H and O–H groups in total. The maximum absolute atomic E-state index is 12.7. The Morgan fingerprint density at radius 2 is 0.621 bits per heavy atom. The number of carbonyl (C=O) groups is 7. The fraction of sp³-hybridized carbons (Fsp3) is 0.380. The molecule has 0 atom stereocenters. The molecule has 0 spiro atoms. The number of halogens is 1. The van der Waals surface area contributed by atoms with Gasteiger partial charge in [0.05, 0.1) is 93.5 Å². The van der Waals surface area contributed by atoms with Crippen LogP contribution in [0.1, 0.15) is 150 Å². The second-order valence-corrected chi connectivity index (χ2v) is 28.5. The number of ether oxygens (including phenoxy) is 9. The molecule has 0 bridgehead atoms. The van der Waals surface area contributed by atoms with Crippen molar-refractivity contribution in [2.24, 2.45) is 0 Å². The van der Waals surface area contributed by atoms with Crippen molar-refractivity contribution in [3.8, 4) is 46.0 Å². The van der Waals surface area contributed by atoms with Gasteiger partial charge in [0.1, 0.15) is 58.0 Å². The zero-order valence-electron chi connectivity index (χ0n) is 68.1. The van der Waals surface area contributed by atoms with Gasteiger partial charge in [0, 0.05) is 45.1 Å². The molecule has 0 heterocycles. The Kier molecular flexibility index (Phi) is 53.6. The van der Waals surface area contributed by atoms with Crippen LogP contribution in [0.25, 0.3) is 0 Å². The van der Waals surface area contributed by atoms with E-state index in [2.05, 4.69) is 4.74 Å². The molecule has 0 saturated heterocycles. The molecule has 7 aromatic rings. The van der Waals surface area contributed by atoms with Crippen LogP contribution in [0.4, 0.5) is 0 Å². The Morgan fingerprint density at radius 3 is 0.966 bits per heavy atom. The van der Waals surface area contributed by atoms with Gasteiger partial charge in [-0.3, -0.25) is 68.7 Å². The van der Waals surface area contributed by atoms with Gasteiger partial charge >= 0.3 is 67.1 Å². The highest BCUT2D eigenvalue weighted by atomic mass is 35.5. The van der Waals surface area contributed by atoms with Crippen LogP contribution in [-0.4, -0.2) is 123 Å². The lowest BCUT2D eigenvalue weighted by molar-refractivity contribution is -0.132. The van der Waals surface area contributed by atoms with E-state index in [4.69, 9.17) is 109 Å². The van der Waals surface area contributed by atoms with Crippen molar-refractivity contribution in [2.75, 3.05) is 80.8 Å². The van der Waals surface area contributed by atoms with Crippen molar-refractivity contribution in [3.05, 3.63) is 202 Å². The number of esters is 6. The number of hydrogen-bond acceptors (Lipinski definition) is 32. The highest BCUT2D eigenvalue weighted by Crippen LogP contribution is 2.53. The number of methoxy groups -OCH3 is 3. The number of carbonyl (C=O) groups excluding carboxylic acids is 7. The average molecular weight is 1730 g/mol. The molecule has 0 fully saturated rings. The highest BCUT2D eigenvalue weighted by Gasteiger charge is 2.30. The van der Waals surface area contributed by atoms with Crippen molar-refractivity contribution in [1.82, 2.24) is 0 Å². The minimum Gasteiger partial charge on any atom is -0.496 e. The predicted molar refractivity (Wildman–Crippen MR) is 431 cm³/mol. The molecular formula is C79H105ClO32P4. The van der Waals surface area contributed by atoms with Crippen LogP contribution < -0.4 is 37.9 Å². The van der Waals surface area contributed by atoms with E-state index >= 15 is 0 Å². The molecule has 0 aliphatic rings. The van der Waals surface area contributed by atoms with Crippen LogP contribution >= 0.6 is 42.9 Å². The summed E-state index contributed by atoms with van der Waals surface area (Å²) in [6.45, 7) is 27.3. The molecule has 32 nitrogen and oxygen atoms in total. The van der Waals surface area contributed by atoms with Crippen LogP contribution in [-0.2, 0) is 123 Å². The molecule has 37 heteroatoms. The van der Waals surface area contributed by atoms with Gasteiger partial charge < -0.3 is 47.4 Å². The number of benzene rings is 7. The van der Waals surface area contributed by atoms with Crippen molar-refractivity contribution >= 4 is 85.5 Å². The molecule has 0 saturated carbocycles. The minimum atomic E-state index is -3.74. The SMILES string of the molecule is C=O.CC.CCOC.CCOP(=O)(OCC)OCc1cc(OC(=O)c2ccccc2OC(C)=O)ccc1OC.CCOP(=O)(OCC)OCc1ccc(OC(=O)c2ccccc2OC(C)=O)cc1Cl.CCOP(=O)(OCC)OCc1ccc(OC)c(OC(=O)c2ccccc2OC(C)=O)c1.CCOP(=O)(OCC)OCc1ccccc1. The van der Waals surface area contributed by atoms with Gasteiger partial charge in [-0.2, -0.15) is 0 Å². The van der Waals surface area contributed by atoms with Crippen LogP contribution in [0.15, 0.2) is 158 Å². The molecule has 640 valence electrons. The first-order chi connectivity index (χ1) is 55.5. The molecule has 0 unspecified atom stereocenters. The lowest BCUT2D eigenvalue weighted by atomic mass is 10.2. The van der Waals surface area contributed by atoms with Crippen LogP contribution in [0.5, 0.6) is 46.0 Å². The summed E-state index contributed by atoms with van der Waals surface area (Å²) in [5.74, 6) is -2.42. The molecule has 0 radical (unpaired) electrons. The number of para-hydroxylation sites is 3. The third-order valence-corrected chi connectivity index (χ3v) is 19.9. The van der Waals surface area contributed by atoms with E-state index < -0.39 is 67.1 Å².